The molecule has 1 aliphatic carbocycles. The van der Waals surface area contributed by atoms with Gasteiger partial charge in [-0.2, -0.15) is 5.26 Å². The van der Waals surface area contributed by atoms with Gasteiger partial charge in [-0.05, 0) is 32.3 Å². The third-order valence-corrected chi connectivity index (χ3v) is 4.24. The maximum absolute atomic E-state index is 12.7. The molecule has 0 heterocycles. The van der Waals surface area contributed by atoms with Crippen LogP contribution in [0, 0.1) is 18.3 Å². The smallest absolute Gasteiger partial charge is 0.230 e. The molecule has 1 aromatic carbocycles. The minimum Gasteiger partial charge on any atom is -0.352 e. The lowest BCUT2D eigenvalue weighted by Gasteiger charge is -2.30. The molecule has 1 fully saturated rings. The number of nitriles is 1. The standard InChI is InChI=1S/C17H22N2O/c1-13-6-5-7-15(12-13)17(9-3-4-10-17)16(20)19-14(2)8-11-18/h5-7,12,14H,3-4,8-10H2,1-2H3,(H,19,20)/t14-/m0/s1. The zero-order chi connectivity index (χ0) is 14.6. The molecule has 1 amide bonds. The Hall–Kier alpha value is -1.82. The molecule has 106 valence electrons. The Morgan fingerprint density at radius 2 is 2.15 bits per heavy atom. The van der Waals surface area contributed by atoms with Crippen molar-refractivity contribution in [2.45, 2.75) is 57.4 Å². The van der Waals surface area contributed by atoms with Gasteiger partial charge in [-0.1, -0.05) is 42.7 Å². The highest BCUT2D eigenvalue weighted by Crippen LogP contribution is 2.41. The summed E-state index contributed by atoms with van der Waals surface area (Å²) in [6.07, 6.45) is 4.35. The van der Waals surface area contributed by atoms with Crippen LogP contribution in [-0.2, 0) is 10.2 Å². The summed E-state index contributed by atoms with van der Waals surface area (Å²) in [6.45, 7) is 3.95. The topological polar surface area (TPSA) is 52.9 Å². The molecule has 0 bridgehead atoms. The first-order valence-electron chi connectivity index (χ1n) is 7.33. The zero-order valence-corrected chi connectivity index (χ0v) is 12.3. The van der Waals surface area contributed by atoms with Crippen molar-refractivity contribution in [1.29, 1.82) is 5.26 Å². The summed E-state index contributed by atoms with van der Waals surface area (Å²) in [7, 11) is 0. The summed E-state index contributed by atoms with van der Waals surface area (Å²) in [5.74, 6) is 0.0864. The van der Waals surface area contributed by atoms with E-state index in [-0.39, 0.29) is 11.9 Å². The van der Waals surface area contributed by atoms with Gasteiger partial charge in [0.2, 0.25) is 5.91 Å². The highest BCUT2D eigenvalue weighted by Gasteiger charge is 2.42. The maximum atomic E-state index is 12.7. The Morgan fingerprint density at radius 3 is 2.75 bits per heavy atom. The SMILES string of the molecule is Cc1cccc(C2(C(=O)N[C@@H](C)CC#N)CCCC2)c1. The van der Waals surface area contributed by atoms with Crippen LogP contribution < -0.4 is 5.32 Å². The highest BCUT2D eigenvalue weighted by atomic mass is 16.2. The van der Waals surface area contributed by atoms with Crippen LogP contribution in [0.1, 0.15) is 50.2 Å². The number of aryl methyl sites for hydroxylation is 1. The largest absolute Gasteiger partial charge is 0.352 e. The molecule has 1 aliphatic rings. The average Bonchev–Trinajstić information content (AvgIpc) is 2.89. The third kappa shape index (κ3) is 2.85. The molecule has 1 N–H and O–H groups in total. The molecular weight excluding hydrogens is 248 g/mol. The van der Waals surface area contributed by atoms with E-state index in [0.717, 1.165) is 31.2 Å². The van der Waals surface area contributed by atoms with Gasteiger partial charge < -0.3 is 5.32 Å². The van der Waals surface area contributed by atoms with E-state index in [9.17, 15) is 4.79 Å². The lowest BCUT2D eigenvalue weighted by Crippen LogP contribution is -2.46. The van der Waals surface area contributed by atoms with E-state index in [1.54, 1.807) is 0 Å². The van der Waals surface area contributed by atoms with E-state index < -0.39 is 5.41 Å². The first-order chi connectivity index (χ1) is 9.58. The van der Waals surface area contributed by atoms with Crippen LogP contribution in [0.25, 0.3) is 0 Å². The number of rotatable bonds is 4. The number of hydrogen-bond donors (Lipinski definition) is 1. The Morgan fingerprint density at radius 1 is 1.45 bits per heavy atom. The van der Waals surface area contributed by atoms with E-state index in [4.69, 9.17) is 5.26 Å². The Kier molecular flexibility index (Phi) is 4.44. The number of hydrogen-bond acceptors (Lipinski definition) is 2. The normalized spacial score (nSPS) is 18.2. The van der Waals surface area contributed by atoms with Crippen molar-refractivity contribution < 1.29 is 4.79 Å². The van der Waals surface area contributed by atoms with Crippen molar-refractivity contribution in [1.82, 2.24) is 5.32 Å². The Labute approximate surface area is 121 Å². The summed E-state index contributed by atoms with van der Waals surface area (Å²) in [4.78, 5) is 12.7. The van der Waals surface area contributed by atoms with Gasteiger partial charge in [-0.25, -0.2) is 0 Å². The predicted octanol–water partition coefficient (Wildman–Crippen LogP) is 3.23. The van der Waals surface area contributed by atoms with Gasteiger partial charge in [0.15, 0.2) is 0 Å². The van der Waals surface area contributed by atoms with Crippen LogP contribution >= 0.6 is 0 Å². The first kappa shape index (κ1) is 14.6. The van der Waals surface area contributed by atoms with Gasteiger partial charge in [0.1, 0.15) is 0 Å². The first-order valence-corrected chi connectivity index (χ1v) is 7.33. The lowest BCUT2D eigenvalue weighted by molar-refractivity contribution is -0.127. The van der Waals surface area contributed by atoms with E-state index >= 15 is 0 Å². The number of nitrogens with zero attached hydrogens (tertiary/aromatic N) is 1. The fourth-order valence-electron chi connectivity index (χ4n) is 3.12. The van der Waals surface area contributed by atoms with Crippen molar-refractivity contribution in [2.24, 2.45) is 0 Å². The molecule has 3 heteroatoms. The van der Waals surface area contributed by atoms with Crippen molar-refractivity contribution >= 4 is 5.91 Å². The molecule has 0 saturated heterocycles. The van der Waals surface area contributed by atoms with Gasteiger partial charge in [0.25, 0.3) is 0 Å². The predicted molar refractivity (Wildman–Crippen MR) is 79.2 cm³/mol. The fraction of sp³-hybridized carbons (Fsp3) is 0.529. The molecule has 0 aliphatic heterocycles. The van der Waals surface area contributed by atoms with Gasteiger partial charge in [-0.15, -0.1) is 0 Å². The highest BCUT2D eigenvalue weighted by molar-refractivity contribution is 5.88. The summed E-state index contributed by atoms with van der Waals surface area (Å²) in [5, 5.41) is 11.8. The minimum atomic E-state index is -0.393. The molecule has 0 aromatic heterocycles. The minimum absolute atomic E-state index is 0.0864. The number of nitrogens with one attached hydrogen (secondary N) is 1. The monoisotopic (exact) mass is 270 g/mol. The molecule has 0 spiro atoms. The van der Waals surface area contributed by atoms with Crippen LogP contribution in [0.5, 0.6) is 0 Å². The van der Waals surface area contributed by atoms with Crippen LogP contribution in [0.2, 0.25) is 0 Å². The number of carbonyl (C=O) groups excluding carboxylic acids is 1. The fourth-order valence-corrected chi connectivity index (χ4v) is 3.12. The van der Waals surface area contributed by atoms with Crippen molar-refractivity contribution in [2.75, 3.05) is 0 Å². The molecule has 3 nitrogen and oxygen atoms in total. The summed E-state index contributed by atoms with van der Waals surface area (Å²) in [6, 6.07) is 10.3. The van der Waals surface area contributed by atoms with Gasteiger partial charge in [-0.3, -0.25) is 4.79 Å². The molecule has 0 unspecified atom stereocenters. The lowest BCUT2D eigenvalue weighted by atomic mass is 9.77. The maximum Gasteiger partial charge on any atom is 0.230 e. The van der Waals surface area contributed by atoms with Crippen LogP contribution in [0.15, 0.2) is 24.3 Å². The van der Waals surface area contributed by atoms with E-state index in [1.165, 1.54) is 5.56 Å². The molecule has 2 rings (SSSR count). The van der Waals surface area contributed by atoms with E-state index in [2.05, 4.69) is 36.5 Å². The molecule has 1 aromatic rings. The second-order valence-corrected chi connectivity index (χ2v) is 5.90. The van der Waals surface area contributed by atoms with Gasteiger partial charge >= 0.3 is 0 Å². The Balaban J connectivity index is 2.26. The quantitative estimate of drug-likeness (QED) is 0.913. The van der Waals surface area contributed by atoms with Crippen LogP contribution in [0.4, 0.5) is 0 Å². The summed E-state index contributed by atoms with van der Waals surface area (Å²) in [5.41, 5.74) is 1.92. The van der Waals surface area contributed by atoms with Gasteiger partial charge in [0, 0.05) is 6.04 Å². The van der Waals surface area contributed by atoms with E-state index in [0.29, 0.717) is 6.42 Å². The van der Waals surface area contributed by atoms with Crippen molar-refractivity contribution in [3.63, 3.8) is 0 Å². The molecule has 1 atom stereocenters. The second-order valence-electron chi connectivity index (χ2n) is 5.90. The van der Waals surface area contributed by atoms with Gasteiger partial charge in [0.05, 0.1) is 17.9 Å². The average molecular weight is 270 g/mol. The molecule has 0 radical (unpaired) electrons. The second kappa shape index (κ2) is 6.09. The number of carbonyl (C=O) groups is 1. The number of amides is 1. The van der Waals surface area contributed by atoms with E-state index in [1.807, 2.05) is 13.0 Å². The molecule has 20 heavy (non-hydrogen) atoms. The van der Waals surface area contributed by atoms with Crippen LogP contribution in [-0.4, -0.2) is 11.9 Å². The van der Waals surface area contributed by atoms with Crippen molar-refractivity contribution in [3.8, 4) is 6.07 Å². The Bertz CT molecular complexity index is 524. The van der Waals surface area contributed by atoms with Crippen LogP contribution in [0.3, 0.4) is 0 Å². The third-order valence-electron chi connectivity index (χ3n) is 4.24. The number of benzene rings is 1. The van der Waals surface area contributed by atoms with Crippen molar-refractivity contribution in [3.05, 3.63) is 35.4 Å². The molecular formula is C17H22N2O. The zero-order valence-electron chi connectivity index (χ0n) is 12.3. The summed E-state index contributed by atoms with van der Waals surface area (Å²) < 4.78 is 0. The summed E-state index contributed by atoms with van der Waals surface area (Å²) >= 11 is 0. The molecule has 1 saturated carbocycles.